The summed E-state index contributed by atoms with van der Waals surface area (Å²) < 4.78 is 64.9. The van der Waals surface area contributed by atoms with Gasteiger partial charge in [-0.2, -0.15) is 13.2 Å². The van der Waals surface area contributed by atoms with E-state index in [9.17, 15) is 22.0 Å². The quantitative estimate of drug-likeness (QED) is 0.585. The van der Waals surface area contributed by atoms with Gasteiger partial charge in [0, 0.05) is 11.9 Å². The van der Waals surface area contributed by atoms with Crippen LogP contribution in [-0.2, 0) is 5.88 Å². The zero-order chi connectivity index (χ0) is 14.8. The molecule has 1 rings (SSSR count). The summed E-state index contributed by atoms with van der Waals surface area (Å²) in [6.07, 6.45) is -4.55. The van der Waals surface area contributed by atoms with Gasteiger partial charge in [0.2, 0.25) is 0 Å². The third-order valence-electron chi connectivity index (χ3n) is 2.49. The normalized spacial score (nSPS) is 12.1. The standard InChI is InChI=1S/C12H13ClF5N/c1-7(2)19(6-12(16,17)18)11-9(14)3-8(5-13)4-10(11)15/h3-4,7H,5-6H2,1-2H3. The van der Waals surface area contributed by atoms with Crippen LogP contribution in [0.15, 0.2) is 12.1 Å². The van der Waals surface area contributed by atoms with Gasteiger partial charge in [-0.25, -0.2) is 8.78 Å². The SMILES string of the molecule is CC(C)N(CC(F)(F)F)c1c(F)cc(CCl)cc1F. The van der Waals surface area contributed by atoms with E-state index in [1.54, 1.807) is 0 Å². The first-order chi connectivity index (χ1) is 8.65. The Bertz CT molecular complexity index is 421. The van der Waals surface area contributed by atoms with E-state index in [0.29, 0.717) is 4.90 Å². The van der Waals surface area contributed by atoms with Crippen molar-refractivity contribution in [1.29, 1.82) is 0 Å². The summed E-state index contributed by atoms with van der Waals surface area (Å²) in [5, 5.41) is 0. The second-order valence-electron chi connectivity index (χ2n) is 4.38. The molecule has 19 heavy (non-hydrogen) atoms. The van der Waals surface area contributed by atoms with Crippen LogP contribution in [0.2, 0.25) is 0 Å². The van der Waals surface area contributed by atoms with Crippen LogP contribution in [0.3, 0.4) is 0 Å². The lowest BCUT2D eigenvalue weighted by atomic mass is 10.1. The predicted molar refractivity (Wildman–Crippen MR) is 64.5 cm³/mol. The molecule has 0 aliphatic rings. The number of nitrogens with zero attached hydrogens (tertiary/aromatic N) is 1. The van der Waals surface area contributed by atoms with Crippen molar-refractivity contribution in [3.63, 3.8) is 0 Å². The second-order valence-corrected chi connectivity index (χ2v) is 4.65. The number of rotatable bonds is 4. The van der Waals surface area contributed by atoms with Crippen LogP contribution in [0.4, 0.5) is 27.6 Å². The van der Waals surface area contributed by atoms with Crippen LogP contribution in [0.25, 0.3) is 0 Å². The first-order valence-electron chi connectivity index (χ1n) is 5.53. The summed E-state index contributed by atoms with van der Waals surface area (Å²) in [6, 6.07) is 1.18. The molecule has 0 unspecified atom stereocenters. The number of anilines is 1. The van der Waals surface area contributed by atoms with Crippen molar-refractivity contribution in [2.24, 2.45) is 0 Å². The van der Waals surface area contributed by atoms with Crippen molar-refractivity contribution in [1.82, 2.24) is 0 Å². The lowest BCUT2D eigenvalue weighted by molar-refractivity contribution is -0.120. The van der Waals surface area contributed by atoms with Gasteiger partial charge in [-0.15, -0.1) is 11.6 Å². The minimum atomic E-state index is -4.55. The summed E-state index contributed by atoms with van der Waals surface area (Å²) in [4.78, 5) is 0.642. The molecular weight excluding hydrogens is 289 g/mol. The molecule has 0 saturated carbocycles. The molecule has 0 N–H and O–H groups in total. The van der Waals surface area contributed by atoms with E-state index in [0.717, 1.165) is 12.1 Å². The Balaban J connectivity index is 3.23. The third-order valence-corrected chi connectivity index (χ3v) is 2.80. The highest BCUT2D eigenvalue weighted by Crippen LogP contribution is 2.30. The molecule has 0 spiro atoms. The zero-order valence-corrected chi connectivity index (χ0v) is 11.1. The smallest absolute Gasteiger partial charge is 0.355 e. The van der Waals surface area contributed by atoms with E-state index < -0.39 is 36.1 Å². The summed E-state index contributed by atoms with van der Waals surface area (Å²) in [7, 11) is 0. The van der Waals surface area contributed by atoms with Gasteiger partial charge < -0.3 is 4.90 Å². The minimum absolute atomic E-state index is 0.116. The van der Waals surface area contributed by atoms with Crippen LogP contribution in [0, 0.1) is 11.6 Å². The summed E-state index contributed by atoms with van der Waals surface area (Å²) in [5.74, 6) is -2.21. The minimum Gasteiger partial charge on any atom is -0.355 e. The molecule has 0 bridgehead atoms. The molecule has 0 fully saturated rings. The summed E-state index contributed by atoms with van der Waals surface area (Å²) >= 11 is 5.44. The highest BCUT2D eigenvalue weighted by atomic mass is 35.5. The van der Waals surface area contributed by atoms with Gasteiger partial charge in [-0.3, -0.25) is 0 Å². The van der Waals surface area contributed by atoms with Gasteiger partial charge >= 0.3 is 6.18 Å². The van der Waals surface area contributed by atoms with E-state index in [1.807, 2.05) is 0 Å². The number of benzene rings is 1. The maximum absolute atomic E-state index is 13.8. The molecule has 7 heteroatoms. The molecule has 0 aliphatic carbocycles. The lowest BCUT2D eigenvalue weighted by Gasteiger charge is -2.30. The van der Waals surface area contributed by atoms with Crippen LogP contribution in [0.5, 0.6) is 0 Å². The van der Waals surface area contributed by atoms with E-state index in [4.69, 9.17) is 11.6 Å². The Kier molecular flexibility index (Phi) is 5.01. The van der Waals surface area contributed by atoms with Gasteiger partial charge in [-0.1, -0.05) is 0 Å². The number of hydrogen-bond donors (Lipinski definition) is 0. The highest BCUT2D eigenvalue weighted by Gasteiger charge is 2.34. The monoisotopic (exact) mass is 301 g/mol. The molecule has 0 aliphatic heterocycles. The number of halogens is 6. The van der Waals surface area contributed by atoms with Gasteiger partial charge in [-0.05, 0) is 31.5 Å². The molecular formula is C12H13ClF5N. The molecule has 0 atom stereocenters. The van der Waals surface area contributed by atoms with E-state index in [1.165, 1.54) is 13.8 Å². The molecule has 0 heterocycles. The van der Waals surface area contributed by atoms with Gasteiger partial charge in [0.1, 0.15) is 23.9 Å². The van der Waals surface area contributed by atoms with Crippen LogP contribution >= 0.6 is 11.6 Å². The summed E-state index contributed by atoms with van der Waals surface area (Å²) in [6.45, 7) is 1.44. The van der Waals surface area contributed by atoms with Crippen LogP contribution in [-0.4, -0.2) is 18.8 Å². The lowest BCUT2D eigenvalue weighted by Crippen LogP contribution is -2.40. The number of hydrogen-bond acceptors (Lipinski definition) is 1. The molecule has 0 radical (unpaired) electrons. The maximum Gasteiger partial charge on any atom is 0.405 e. The third kappa shape index (κ3) is 4.23. The van der Waals surface area contributed by atoms with E-state index >= 15 is 0 Å². The van der Waals surface area contributed by atoms with Gasteiger partial charge in [0.15, 0.2) is 0 Å². The van der Waals surface area contributed by atoms with Crippen molar-refractivity contribution >= 4 is 17.3 Å². The Labute approximate surface area is 113 Å². The largest absolute Gasteiger partial charge is 0.405 e. The first kappa shape index (κ1) is 16.0. The van der Waals surface area contributed by atoms with Crippen LogP contribution in [0.1, 0.15) is 19.4 Å². The fraction of sp³-hybridized carbons (Fsp3) is 0.500. The first-order valence-corrected chi connectivity index (χ1v) is 6.06. The van der Waals surface area contributed by atoms with Crippen molar-refractivity contribution in [2.75, 3.05) is 11.4 Å². The Morgan fingerprint density at radius 2 is 1.63 bits per heavy atom. The van der Waals surface area contributed by atoms with E-state index in [-0.39, 0.29) is 11.4 Å². The molecule has 1 aromatic carbocycles. The fourth-order valence-corrected chi connectivity index (χ4v) is 1.84. The molecule has 0 aromatic heterocycles. The van der Waals surface area contributed by atoms with Crippen molar-refractivity contribution in [2.45, 2.75) is 31.9 Å². The Morgan fingerprint density at radius 1 is 1.16 bits per heavy atom. The molecule has 108 valence electrons. The highest BCUT2D eigenvalue weighted by molar-refractivity contribution is 6.17. The second kappa shape index (κ2) is 5.94. The fourth-order valence-electron chi connectivity index (χ4n) is 1.68. The van der Waals surface area contributed by atoms with Gasteiger partial charge in [0.25, 0.3) is 0 Å². The Hall–Kier alpha value is -1.04. The van der Waals surface area contributed by atoms with Crippen molar-refractivity contribution < 1.29 is 22.0 Å². The summed E-state index contributed by atoms with van der Waals surface area (Å²) in [5.41, 5.74) is -0.502. The van der Waals surface area contributed by atoms with E-state index in [2.05, 4.69) is 0 Å². The number of alkyl halides is 4. The average molecular weight is 302 g/mol. The van der Waals surface area contributed by atoms with Crippen molar-refractivity contribution in [3.05, 3.63) is 29.3 Å². The van der Waals surface area contributed by atoms with Crippen LogP contribution < -0.4 is 4.90 Å². The molecule has 1 nitrogen and oxygen atoms in total. The van der Waals surface area contributed by atoms with Crippen molar-refractivity contribution in [3.8, 4) is 0 Å². The molecule has 1 aromatic rings. The zero-order valence-electron chi connectivity index (χ0n) is 10.4. The maximum atomic E-state index is 13.8. The molecule has 0 saturated heterocycles. The average Bonchev–Trinajstić information content (AvgIpc) is 2.24. The molecule has 0 amide bonds. The predicted octanol–water partition coefficient (Wildman–Crippen LogP) is 4.48. The van der Waals surface area contributed by atoms with Gasteiger partial charge in [0.05, 0.1) is 0 Å². The Morgan fingerprint density at radius 3 is 1.95 bits per heavy atom. The topological polar surface area (TPSA) is 3.24 Å².